The average molecular weight is 253 g/mol. The molecule has 2 aromatic rings. The number of nitrogens with two attached hydrogens (primary N) is 1. The lowest BCUT2D eigenvalue weighted by Crippen LogP contribution is -2.26. The molecule has 1 unspecified atom stereocenters. The van der Waals surface area contributed by atoms with Crippen LogP contribution in [0.15, 0.2) is 42.5 Å². The number of benzene rings is 2. The highest BCUT2D eigenvalue weighted by Crippen LogP contribution is 2.40. The van der Waals surface area contributed by atoms with Gasteiger partial charge in [0.2, 0.25) is 0 Å². The summed E-state index contributed by atoms with van der Waals surface area (Å²) >= 11 is 0. The van der Waals surface area contributed by atoms with Gasteiger partial charge in [-0.1, -0.05) is 43.3 Å². The summed E-state index contributed by atoms with van der Waals surface area (Å²) in [6, 6.07) is 15.0. The van der Waals surface area contributed by atoms with E-state index in [1.54, 1.807) is 0 Å². The highest BCUT2D eigenvalue weighted by atomic mass is 16.5. The Hall–Kier alpha value is -1.80. The number of hydrogen-bond donors (Lipinski definition) is 1. The molecule has 1 aliphatic rings. The van der Waals surface area contributed by atoms with E-state index < -0.39 is 0 Å². The summed E-state index contributed by atoms with van der Waals surface area (Å²) in [6.07, 6.45) is 1.90. The zero-order valence-corrected chi connectivity index (χ0v) is 11.2. The number of fused-ring (bicyclic) bond motifs is 3. The first kappa shape index (κ1) is 12.2. The molecule has 2 heteroatoms. The first-order chi connectivity index (χ1) is 9.29. The van der Waals surface area contributed by atoms with Crippen molar-refractivity contribution in [3.63, 3.8) is 0 Å². The van der Waals surface area contributed by atoms with Crippen molar-refractivity contribution in [3.05, 3.63) is 53.6 Å². The van der Waals surface area contributed by atoms with Crippen molar-refractivity contribution in [2.24, 2.45) is 5.73 Å². The second-order valence-corrected chi connectivity index (χ2v) is 5.10. The molecule has 0 fully saturated rings. The number of hydrogen-bond acceptors (Lipinski definition) is 2. The van der Waals surface area contributed by atoms with E-state index in [4.69, 9.17) is 10.5 Å². The molecule has 98 valence electrons. The molecule has 0 saturated carbocycles. The van der Waals surface area contributed by atoms with Crippen LogP contribution in [0.3, 0.4) is 0 Å². The lowest BCUT2D eigenvalue weighted by atomic mass is 10.1. The SMILES string of the molecule is CCC(N)COc1cccc2c1Cc1ccccc1-2. The van der Waals surface area contributed by atoms with E-state index in [2.05, 4.69) is 43.3 Å². The summed E-state index contributed by atoms with van der Waals surface area (Å²) in [4.78, 5) is 0. The zero-order valence-electron chi connectivity index (χ0n) is 11.2. The molecule has 2 N–H and O–H groups in total. The predicted molar refractivity (Wildman–Crippen MR) is 78.4 cm³/mol. The van der Waals surface area contributed by atoms with Crippen molar-refractivity contribution >= 4 is 0 Å². The van der Waals surface area contributed by atoms with Crippen molar-refractivity contribution in [3.8, 4) is 16.9 Å². The maximum Gasteiger partial charge on any atom is 0.123 e. The van der Waals surface area contributed by atoms with Crippen LogP contribution in [0.5, 0.6) is 5.75 Å². The van der Waals surface area contributed by atoms with Gasteiger partial charge in [-0.15, -0.1) is 0 Å². The normalized spacial score (nSPS) is 13.8. The largest absolute Gasteiger partial charge is 0.492 e. The Morgan fingerprint density at radius 2 is 1.89 bits per heavy atom. The van der Waals surface area contributed by atoms with Gasteiger partial charge in [-0.25, -0.2) is 0 Å². The molecule has 0 bridgehead atoms. The topological polar surface area (TPSA) is 35.2 Å². The third kappa shape index (κ3) is 2.24. The van der Waals surface area contributed by atoms with Gasteiger partial charge < -0.3 is 10.5 Å². The molecular formula is C17H19NO. The van der Waals surface area contributed by atoms with Crippen LogP contribution in [0.4, 0.5) is 0 Å². The van der Waals surface area contributed by atoms with Crippen LogP contribution in [-0.4, -0.2) is 12.6 Å². The van der Waals surface area contributed by atoms with Crippen molar-refractivity contribution in [1.29, 1.82) is 0 Å². The predicted octanol–water partition coefficient (Wildman–Crippen LogP) is 3.37. The first-order valence-electron chi connectivity index (χ1n) is 6.88. The van der Waals surface area contributed by atoms with Crippen molar-refractivity contribution in [1.82, 2.24) is 0 Å². The summed E-state index contributed by atoms with van der Waals surface area (Å²) in [5.41, 5.74) is 11.2. The lowest BCUT2D eigenvalue weighted by Gasteiger charge is -2.14. The standard InChI is InChI=1S/C17H19NO/c1-2-13(18)11-19-17-9-5-8-15-14-7-4-3-6-12(14)10-16(15)17/h3-9,13H,2,10-11,18H2,1H3. The van der Waals surface area contributed by atoms with Gasteiger partial charge in [-0.05, 0) is 29.2 Å². The fraction of sp³-hybridized carbons (Fsp3) is 0.294. The third-order valence-corrected chi connectivity index (χ3v) is 3.79. The van der Waals surface area contributed by atoms with Crippen LogP contribution in [-0.2, 0) is 6.42 Å². The maximum atomic E-state index is 5.93. The fourth-order valence-electron chi connectivity index (χ4n) is 2.58. The van der Waals surface area contributed by atoms with Gasteiger partial charge in [-0.3, -0.25) is 0 Å². The average Bonchev–Trinajstić information content (AvgIpc) is 2.84. The molecule has 19 heavy (non-hydrogen) atoms. The molecule has 1 atom stereocenters. The van der Waals surface area contributed by atoms with Gasteiger partial charge in [0.05, 0.1) is 0 Å². The molecule has 0 radical (unpaired) electrons. The monoisotopic (exact) mass is 253 g/mol. The third-order valence-electron chi connectivity index (χ3n) is 3.79. The van der Waals surface area contributed by atoms with Crippen LogP contribution in [0.25, 0.3) is 11.1 Å². The molecular weight excluding hydrogens is 234 g/mol. The van der Waals surface area contributed by atoms with Crippen LogP contribution in [0, 0.1) is 0 Å². The van der Waals surface area contributed by atoms with E-state index in [1.807, 2.05) is 6.07 Å². The quantitative estimate of drug-likeness (QED) is 0.773. The first-order valence-corrected chi connectivity index (χ1v) is 6.88. The Labute approximate surface area is 114 Å². The van der Waals surface area contributed by atoms with Gasteiger partial charge >= 0.3 is 0 Å². The summed E-state index contributed by atoms with van der Waals surface area (Å²) in [7, 11) is 0. The van der Waals surface area contributed by atoms with E-state index >= 15 is 0 Å². The second-order valence-electron chi connectivity index (χ2n) is 5.10. The van der Waals surface area contributed by atoms with Crippen LogP contribution in [0.1, 0.15) is 24.5 Å². The highest BCUT2D eigenvalue weighted by molar-refractivity contribution is 5.78. The molecule has 2 nitrogen and oxygen atoms in total. The minimum absolute atomic E-state index is 0.111. The van der Waals surface area contributed by atoms with E-state index in [0.717, 1.165) is 18.6 Å². The lowest BCUT2D eigenvalue weighted by molar-refractivity contribution is 0.283. The van der Waals surface area contributed by atoms with Gasteiger partial charge in [0, 0.05) is 18.0 Å². The van der Waals surface area contributed by atoms with E-state index in [-0.39, 0.29) is 6.04 Å². The van der Waals surface area contributed by atoms with Crippen LogP contribution >= 0.6 is 0 Å². The molecule has 0 aliphatic heterocycles. The molecule has 2 aromatic carbocycles. The molecule has 0 amide bonds. The second kappa shape index (κ2) is 5.06. The summed E-state index contributed by atoms with van der Waals surface area (Å²) in [5, 5.41) is 0. The molecule has 0 spiro atoms. The summed E-state index contributed by atoms with van der Waals surface area (Å²) in [5.74, 6) is 0.984. The summed E-state index contributed by atoms with van der Waals surface area (Å²) in [6.45, 7) is 2.67. The van der Waals surface area contributed by atoms with Crippen LogP contribution < -0.4 is 10.5 Å². The maximum absolute atomic E-state index is 5.93. The van der Waals surface area contributed by atoms with Gasteiger partial charge in [0.25, 0.3) is 0 Å². The molecule has 0 heterocycles. The van der Waals surface area contributed by atoms with Gasteiger partial charge in [-0.2, -0.15) is 0 Å². The molecule has 3 rings (SSSR count). The van der Waals surface area contributed by atoms with Gasteiger partial charge in [0.1, 0.15) is 12.4 Å². The van der Waals surface area contributed by atoms with Gasteiger partial charge in [0.15, 0.2) is 0 Å². The highest BCUT2D eigenvalue weighted by Gasteiger charge is 2.21. The fourth-order valence-corrected chi connectivity index (χ4v) is 2.58. The Morgan fingerprint density at radius 1 is 1.11 bits per heavy atom. The minimum atomic E-state index is 0.111. The minimum Gasteiger partial charge on any atom is -0.492 e. The van der Waals surface area contributed by atoms with E-state index in [0.29, 0.717) is 6.61 Å². The molecule has 0 aromatic heterocycles. The van der Waals surface area contributed by atoms with E-state index in [9.17, 15) is 0 Å². The van der Waals surface area contributed by atoms with E-state index in [1.165, 1.54) is 22.3 Å². The van der Waals surface area contributed by atoms with Crippen molar-refractivity contribution < 1.29 is 4.74 Å². The molecule has 1 aliphatic carbocycles. The Balaban J connectivity index is 1.90. The van der Waals surface area contributed by atoms with Crippen LogP contribution in [0.2, 0.25) is 0 Å². The Kier molecular flexibility index (Phi) is 3.26. The Bertz CT molecular complexity index is 592. The number of rotatable bonds is 4. The Morgan fingerprint density at radius 3 is 2.74 bits per heavy atom. The molecule has 0 saturated heterocycles. The smallest absolute Gasteiger partial charge is 0.123 e. The number of ether oxygens (including phenoxy) is 1. The summed E-state index contributed by atoms with van der Waals surface area (Å²) < 4.78 is 5.91. The van der Waals surface area contributed by atoms with Crippen molar-refractivity contribution in [2.45, 2.75) is 25.8 Å². The van der Waals surface area contributed by atoms with Crippen molar-refractivity contribution in [2.75, 3.05) is 6.61 Å². The zero-order chi connectivity index (χ0) is 13.2.